The first kappa shape index (κ1) is 12.7. The summed E-state index contributed by atoms with van der Waals surface area (Å²) in [6.07, 6.45) is 0.546. The molecule has 0 aromatic rings. The third-order valence-electron chi connectivity index (χ3n) is 2.62. The van der Waals surface area contributed by atoms with Crippen molar-refractivity contribution < 1.29 is 19.5 Å². The number of carbonyl (C=O) groups excluding carboxylic acids is 2. The van der Waals surface area contributed by atoms with Gasteiger partial charge in [0, 0.05) is 25.8 Å². The van der Waals surface area contributed by atoms with Crippen LogP contribution in [0.1, 0.15) is 33.1 Å². The Labute approximate surface area is 94.4 Å². The first-order valence-electron chi connectivity index (χ1n) is 5.45. The summed E-state index contributed by atoms with van der Waals surface area (Å²) in [4.78, 5) is 35.2. The molecule has 1 heterocycles. The van der Waals surface area contributed by atoms with Gasteiger partial charge in [-0.25, -0.2) is 4.79 Å². The van der Waals surface area contributed by atoms with Crippen LogP contribution >= 0.6 is 0 Å². The van der Waals surface area contributed by atoms with Crippen molar-refractivity contribution in [2.45, 2.75) is 39.2 Å². The smallest absolute Gasteiger partial charge is 0.326 e. The number of carbonyl (C=O) groups is 3. The van der Waals surface area contributed by atoms with Crippen molar-refractivity contribution in [3.63, 3.8) is 0 Å². The van der Waals surface area contributed by atoms with Crippen LogP contribution in [-0.4, -0.2) is 40.3 Å². The molecule has 1 fully saturated rings. The van der Waals surface area contributed by atoms with Crippen molar-refractivity contribution in [1.82, 2.24) is 4.90 Å². The molecule has 0 radical (unpaired) electrons. The predicted octanol–water partition coefficient (Wildman–Crippen LogP) is 0.677. The van der Waals surface area contributed by atoms with Crippen LogP contribution in [0.4, 0.5) is 0 Å². The van der Waals surface area contributed by atoms with Crippen LogP contribution in [0.25, 0.3) is 0 Å². The van der Waals surface area contributed by atoms with Crippen LogP contribution < -0.4 is 0 Å². The Bertz CT molecular complexity index is 311. The van der Waals surface area contributed by atoms with E-state index in [1.807, 2.05) is 13.8 Å². The molecule has 0 saturated carbocycles. The number of hydrogen-bond acceptors (Lipinski definition) is 3. The maximum absolute atomic E-state index is 11.8. The molecule has 1 unspecified atom stereocenters. The molecular weight excluding hydrogens is 210 g/mol. The van der Waals surface area contributed by atoms with Crippen molar-refractivity contribution in [3.05, 3.63) is 0 Å². The Morgan fingerprint density at radius 3 is 2.62 bits per heavy atom. The van der Waals surface area contributed by atoms with Gasteiger partial charge in [0.2, 0.25) is 5.91 Å². The first-order valence-corrected chi connectivity index (χ1v) is 5.45. The number of ketones is 1. The standard InChI is InChI=1S/C11H17NO4/c1-7(2)5-10(14)12-4-3-8(13)6-9(12)11(15)16/h7,9H,3-6H2,1-2H3,(H,15,16). The summed E-state index contributed by atoms with van der Waals surface area (Å²) >= 11 is 0. The number of likely N-dealkylation sites (tertiary alicyclic amines) is 1. The van der Waals surface area contributed by atoms with E-state index in [-0.39, 0.29) is 37.0 Å². The molecule has 1 rings (SSSR count). The van der Waals surface area contributed by atoms with E-state index >= 15 is 0 Å². The fraction of sp³-hybridized carbons (Fsp3) is 0.727. The molecule has 0 bridgehead atoms. The Morgan fingerprint density at radius 1 is 1.50 bits per heavy atom. The molecule has 90 valence electrons. The minimum atomic E-state index is -1.09. The molecule has 16 heavy (non-hydrogen) atoms. The SMILES string of the molecule is CC(C)CC(=O)N1CCC(=O)CC1C(=O)O. The number of nitrogens with zero attached hydrogens (tertiary/aromatic N) is 1. The lowest BCUT2D eigenvalue weighted by Gasteiger charge is -2.32. The molecule has 1 aliphatic heterocycles. The second-order valence-electron chi connectivity index (χ2n) is 4.53. The quantitative estimate of drug-likeness (QED) is 0.769. The fourth-order valence-corrected chi connectivity index (χ4v) is 1.81. The number of rotatable bonds is 3. The lowest BCUT2D eigenvalue weighted by Crippen LogP contribution is -2.50. The van der Waals surface area contributed by atoms with Crippen molar-refractivity contribution in [2.24, 2.45) is 5.92 Å². The first-order chi connectivity index (χ1) is 7.41. The number of aliphatic carboxylic acids is 1. The molecule has 5 heteroatoms. The van der Waals surface area contributed by atoms with Crippen LogP contribution in [0, 0.1) is 5.92 Å². The fourth-order valence-electron chi connectivity index (χ4n) is 1.81. The van der Waals surface area contributed by atoms with Gasteiger partial charge in [-0.1, -0.05) is 13.8 Å². The largest absolute Gasteiger partial charge is 0.480 e. The van der Waals surface area contributed by atoms with E-state index in [1.54, 1.807) is 0 Å². The molecule has 5 nitrogen and oxygen atoms in total. The third kappa shape index (κ3) is 3.05. The van der Waals surface area contributed by atoms with E-state index in [2.05, 4.69) is 0 Å². The summed E-state index contributed by atoms with van der Waals surface area (Å²) in [5.74, 6) is -1.15. The average Bonchev–Trinajstić information content (AvgIpc) is 2.16. The third-order valence-corrected chi connectivity index (χ3v) is 2.62. The monoisotopic (exact) mass is 227 g/mol. The van der Waals surface area contributed by atoms with Gasteiger partial charge < -0.3 is 10.0 Å². The second-order valence-corrected chi connectivity index (χ2v) is 4.53. The minimum absolute atomic E-state index is 0.0564. The summed E-state index contributed by atoms with van der Waals surface area (Å²) in [6.45, 7) is 4.05. The molecule has 1 aliphatic rings. The van der Waals surface area contributed by atoms with E-state index in [1.165, 1.54) is 4.90 Å². The van der Waals surface area contributed by atoms with Crippen molar-refractivity contribution in [1.29, 1.82) is 0 Å². The van der Waals surface area contributed by atoms with Crippen LogP contribution in [0.2, 0.25) is 0 Å². The van der Waals surface area contributed by atoms with Gasteiger partial charge in [0.05, 0.1) is 0 Å². The van der Waals surface area contributed by atoms with E-state index in [0.29, 0.717) is 6.42 Å². The van der Waals surface area contributed by atoms with Gasteiger partial charge in [0.15, 0.2) is 0 Å². The Hall–Kier alpha value is -1.39. The normalized spacial score (nSPS) is 21.3. The highest BCUT2D eigenvalue weighted by atomic mass is 16.4. The van der Waals surface area contributed by atoms with Crippen LogP contribution in [-0.2, 0) is 14.4 Å². The summed E-state index contributed by atoms with van der Waals surface area (Å²) in [7, 11) is 0. The van der Waals surface area contributed by atoms with Gasteiger partial charge in [-0.05, 0) is 5.92 Å². The number of carboxylic acids is 1. The van der Waals surface area contributed by atoms with Gasteiger partial charge in [-0.15, -0.1) is 0 Å². The number of amides is 1. The Balaban J connectivity index is 2.72. The Morgan fingerprint density at radius 2 is 2.12 bits per heavy atom. The summed E-state index contributed by atoms with van der Waals surface area (Å²) in [5, 5.41) is 8.96. The summed E-state index contributed by atoms with van der Waals surface area (Å²) in [6, 6.07) is -0.965. The highest BCUT2D eigenvalue weighted by molar-refractivity contribution is 5.91. The molecule has 0 aliphatic carbocycles. The molecule has 0 aromatic heterocycles. The van der Waals surface area contributed by atoms with E-state index in [4.69, 9.17) is 5.11 Å². The maximum Gasteiger partial charge on any atom is 0.326 e. The second kappa shape index (κ2) is 5.09. The number of piperidine rings is 1. The molecule has 1 saturated heterocycles. The molecule has 1 atom stereocenters. The van der Waals surface area contributed by atoms with E-state index in [9.17, 15) is 14.4 Å². The summed E-state index contributed by atoms with van der Waals surface area (Å²) < 4.78 is 0. The molecule has 0 aromatic carbocycles. The van der Waals surface area contributed by atoms with Gasteiger partial charge in [0.1, 0.15) is 11.8 Å². The van der Waals surface area contributed by atoms with E-state index < -0.39 is 12.0 Å². The van der Waals surface area contributed by atoms with Crippen LogP contribution in [0.3, 0.4) is 0 Å². The maximum atomic E-state index is 11.8. The lowest BCUT2D eigenvalue weighted by atomic mass is 9.99. The molecule has 1 amide bonds. The van der Waals surface area contributed by atoms with E-state index in [0.717, 1.165) is 0 Å². The van der Waals surface area contributed by atoms with Crippen LogP contribution in [0.15, 0.2) is 0 Å². The number of Topliss-reactive ketones (excluding diaryl/α,β-unsaturated/α-hetero) is 1. The number of hydrogen-bond donors (Lipinski definition) is 1. The van der Waals surface area contributed by atoms with Gasteiger partial charge in [0.25, 0.3) is 0 Å². The highest BCUT2D eigenvalue weighted by Gasteiger charge is 2.35. The molecule has 1 N–H and O–H groups in total. The van der Waals surface area contributed by atoms with Crippen molar-refractivity contribution >= 4 is 17.7 Å². The minimum Gasteiger partial charge on any atom is -0.480 e. The molecule has 0 spiro atoms. The van der Waals surface area contributed by atoms with Gasteiger partial charge in [-0.2, -0.15) is 0 Å². The number of carboxylic acid groups (broad SMARTS) is 1. The van der Waals surface area contributed by atoms with Crippen molar-refractivity contribution in [2.75, 3.05) is 6.54 Å². The lowest BCUT2D eigenvalue weighted by molar-refractivity contribution is -0.154. The predicted molar refractivity (Wildman–Crippen MR) is 56.8 cm³/mol. The highest BCUT2D eigenvalue weighted by Crippen LogP contribution is 2.17. The zero-order valence-electron chi connectivity index (χ0n) is 9.60. The van der Waals surface area contributed by atoms with Crippen molar-refractivity contribution in [3.8, 4) is 0 Å². The molecular formula is C11H17NO4. The van der Waals surface area contributed by atoms with Gasteiger partial charge >= 0.3 is 5.97 Å². The zero-order valence-corrected chi connectivity index (χ0v) is 9.60. The topological polar surface area (TPSA) is 74.7 Å². The van der Waals surface area contributed by atoms with Crippen LogP contribution in [0.5, 0.6) is 0 Å². The average molecular weight is 227 g/mol. The Kier molecular flexibility index (Phi) is 4.04. The summed E-state index contributed by atoms with van der Waals surface area (Å²) in [5.41, 5.74) is 0. The van der Waals surface area contributed by atoms with Gasteiger partial charge in [-0.3, -0.25) is 9.59 Å². The zero-order chi connectivity index (χ0) is 12.3.